The van der Waals surface area contributed by atoms with Crippen molar-refractivity contribution in [2.75, 3.05) is 12.3 Å². The number of carbonyl (C=O) groups excluding carboxylic acids is 1. The number of anilines is 1. The van der Waals surface area contributed by atoms with Crippen molar-refractivity contribution in [1.29, 1.82) is 0 Å². The van der Waals surface area contributed by atoms with Crippen molar-refractivity contribution in [3.63, 3.8) is 0 Å². The molecule has 0 fully saturated rings. The second-order valence-corrected chi connectivity index (χ2v) is 6.44. The van der Waals surface area contributed by atoms with Crippen LogP contribution in [0.4, 0.5) is 5.69 Å². The van der Waals surface area contributed by atoms with Gasteiger partial charge in [0.25, 0.3) is 5.91 Å². The van der Waals surface area contributed by atoms with E-state index in [0.717, 1.165) is 28.6 Å². The van der Waals surface area contributed by atoms with Crippen LogP contribution in [0.3, 0.4) is 0 Å². The number of carbonyl (C=O) groups is 1. The number of thiophene rings is 1. The topological polar surface area (TPSA) is 68.0 Å². The van der Waals surface area contributed by atoms with Gasteiger partial charge in [-0.1, -0.05) is 13.8 Å². The van der Waals surface area contributed by atoms with Gasteiger partial charge in [0.15, 0.2) is 0 Å². The lowest BCUT2D eigenvalue weighted by Crippen LogP contribution is -2.24. The number of aryl methyl sites for hydroxylation is 1. The highest BCUT2D eigenvalue weighted by Gasteiger charge is 2.17. The number of nitrogen functional groups attached to an aromatic ring is 1. The van der Waals surface area contributed by atoms with Crippen LogP contribution >= 0.6 is 11.3 Å². The van der Waals surface area contributed by atoms with Gasteiger partial charge in [-0.05, 0) is 37.3 Å². The van der Waals surface area contributed by atoms with Gasteiger partial charge in [-0.3, -0.25) is 4.79 Å². The molecule has 0 aliphatic rings. The van der Waals surface area contributed by atoms with Gasteiger partial charge in [0.2, 0.25) is 0 Å². The average Bonchev–Trinajstić information content (AvgIpc) is 2.73. The monoisotopic (exact) mass is 291 g/mol. The summed E-state index contributed by atoms with van der Waals surface area (Å²) in [5.41, 5.74) is 7.71. The highest BCUT2D eigenvalue weighted by atomic mass is 32.1. The minimum Gasteiger partial charge on any atom is -0.397 e. The van der Waals surface area contributed by atoms with Gasteiger partial charge in [-0.15, -0.1) is 11.3 Å². The SMILES string of the molecule is Cc1ccnc2sc(C(=O)NCCCC(C)C)c(N)c12. The van der Waals surface area contributed by atoms with E-state index in [2.05, 4.69) is 24.1 Å². The lowest BCUT2D eigenvalue weighted by molar-refractivity contribution is 0.0957. The Kier molecular flexibility index (Phi) is 4.60. The largest absolute Gasteiger partial charge is 0.397 e. The van der Waals surface area contributed by atoms with E-state index in [1.165, 1.54) is 11.3 Å². The molecule has 0 atom stereocenters. The number of fused-ring (bicyclic) bond motifs is 1. The van der Waals surface area contributed by atoms with Crippen LogP contribution in [-0.2, 0) is 0 Å². The van der Waals surface area contributed by atoms with Crippen LogP contribution in [0.5, 0.6) is 0 Å². The third-order valence-corrected chi connectivity index (χ3v) is 4.40. The van der Waals surface area contributed by atoms with E-state index in [9.17, 15) is 4.79 Å². The van der Waals surface area contributed by atoms with Gasteiger partial charge in [-0.2, -0.15) is 0 Å². The molecule has 3 N–H and O–H groups in total. The Bertz CT molecular complexity index is 619. The summed E-state index contributed by atoms with van der Waals surface area (Å²) in [6.07, 6.45) is 3.85. The number of nitrogens with two attached hydrogens (primary N) is 1. The number of rotatable bonds is 5. The second-order valence-electron chi connectivity index (χ2n) is 5.44. The zero-order valence-electron chi connectivity index (χ0n) is 12.2. The first kappa shape index (κ1) is 14.8. The second kappa shape index (κ2) is 6.22. The molecule has 5 heteroatoms. The number of amides is 1. The lowest BCUT2D eigenvalue weighted by atomic mass is 10.1. The Balaban J connectivity index is 2.11. The quantitative estimate of drug-likeness (QED) is 0.830. The summed E-state index contributed by atoms with van der Waals surface area (Å²) in [6, 6.07) is 1.91. The molecule has 0 aromatic carbocycles. The molecular weight excluding hydrogens is 270 g/mol. The lowest BCUT2D eigenvalue weighted by Gasteiger charge is -2.06. The number of nitrogens with one attached hydrogen (secondary N) is 1. The normalized spacial score (nSPS) is 11.2. The van der Waals surface area contributed by atoms with Crippen LogP contribution in [-0.4, -0.2) is 17.4 Å². The smallest absolute Gasteiger partial charge is 0.263 e. The van der Waals surface area contributed by atoms with Crippen molar-refractivity contribution < 1.29 is 4.79 Å². The van der Waals surface area contributed by atoms with E-state index in [1.807, 2.05) is 13.0 Å². The predicted molar refractivity (Wildman–Crippen MR) is 85.2 cm³/mol. The molecule has 2 rings (SSSR count). The molecule has 20 heavy (non-hydrogen) atoms. The molecule has 0 radical (unpaired) electrons. The van der Waals surface area contributed by atoms with Gasteiger partial charge in [0.1, 0.15) is 9.71 Å². The summed E-state index contributed by atoms with van der Waals surface area (Å²) < 4.78 is 0. The number of hydrogen-bond donors (Lipinski definition) is 2. The van der Waals surface area contributed by atoms with Crippen LogP contribution in [0.2, 0.25) is 0 Å². The maximum absolute atomic E-state index is 12.2. The molecule has 2 aromatic heterocycles. The summed E-state index contributed by atoms with van der Waals surface area (Å²) in [6.45, 7) is 7.04. The van der Waals surface area contributed by atoms with E-state index in [4.69, 9.17) is 5.73 Å². The van der Waals surface area contributed by atoms with Gasteiger partial charge in [0, 0.05) is 18.1 Å². The fraction of sp³-hybridized carbons (Fsp3) is 0.467. The molecule has 108 valence electrons. The molecule has 0 aliphatic carbocycles. The summed E-state index contributed by atoms with van der Waals surface area (Å²) in [7, 11) is 0. The summed E-state index contributed by atoms with van der Waals surface area (Å²) in [5.74, 6) is 0.571. The molecule has 0 saturated carbocycles. The van der Waals surface area contributed by atoms with Crippen molar-refractivity contribution in [2.24, 2.45) is 5.92 Å². The van der Waals surface area contributed by atoms with Gasteiger partial charge >= 0.3 is 0 Å². The predicted octanol–water partition coefficient (Wildman–Crippen LogP) is 3.35. The minimum absolute atomic E-state index is 0.0892. The molecule has 0 saturated heterocycles. The van der Waals surface area contributed by atoms with Crippen LogP contribution in [0.1, 0.15) is 41.9 Å². The van der Waals surface area contributed by atoms with Crippen molar-refractivity contribution in [1.82, 2.24) is 10.3 Å². The Hall–Kier alpha value is -1.62. The maximum Gasteiger partial charge on any atom is 0.263 e. The van der Waals surface area contributed by atoms with Crippen molar-refractivity contribution in [2.45, 2.75) is 33.6 Å². The van der Waals surface area contributed by atoms with Gasteiger partial charge in [-0.25, -0.2) is 4.98 Å². The fourth-order valence-electron chi connectivity index (χ4n) is 2.16. The highest BCUT2D eigenvalue weighted by molar-refractivity contribution is 7.21. The molecule has 2 heterocycles. The minimum atomic E-state index is -0.0892. The van der Waals surface area contributed by atoms with Crippen molar-refractivity contribution in [3.05, 3.63) is 22.7 Å². The first-order valence-electron chi connectivity index (χ1n) is 6.92. The van der Waals surface area contributed by atoms with Crippen LogP contribution in [0, 0.1) is 12.8 Å². The molecule has 2 aromatic rings. The Labute approximate surface area is 123 Å². The third-order valence-electron chi connectivity index (χ3n) is 3.29. The third kappa shape index (κ3) is 3.10. The van der Waals surface area contributed by atoms with Crippen LogP contribution < -0.4 is 11.1 Å². The highest BCUT2D eigenvalue weighted by Crippen LogP contribution is 2.34. The van der Waals surface area contributed by atoms with E-state index >= 15 is 0 Å². The molecule has 4 nitrogen and oxygen atoms in total. The molecule has 0 spiro atoms. The molecule has 0 aliphatic heterocycles. The van der Waals surface area contributed by atoms with E-state index in [-0.39, 0.29) is 5.91 Å². The molecule has 1 amide bonds. The zero-order chi connectivity index (χ0) is 14.7. The number of nitrogens with zero attached hydrogens (tertiary/aromatic N) is 1. The molecule has 0 unspecified atom stereocenters. The van der Waals surface area contributed by atoms with E-state index in [1.54, 1.807) is 6.20 Å². The number of hydrogen-bond acceptors (Lipinski definition) is 4. The average molecular weight is 291 g/mol. The molecule has 0 bridgehead atoms. The summed E-state index contributed by atoms with van der Waals surface area (Å²) >= 11 is 1.36. The van der Waals surface area contributed by atoms with E-state index < -0.39 is 0 Å². The summed E-state index contributed by atoms with van der Waals surface area (Å²) in [5, 5.41) is 3.85. The van der Waals surface area contributed by atoms with Gasteiger partial charge in [0.05, 0.1) is 5.69 Å². The standard InChI is InChI=1S/C15H21N3OS/c1-9(2)5-4-7-17-14(19)13-12(16)11-10(3)6-8-18-15(11)20-13/h6,8-9H,4-5,7,16H2,1-3H3,(H,17,19). The summed E-state index contributed by atoms with van der Waals surface area (Å²) in [4.78, 5) is 17.9. The van der Waals surface area contributed by atoms with Crippen molar-refractivity contribution in [3.8, 4) is 0 Å². The number of aromatic nitrogens is 1. The molecular formula is C15H21N3OS. The van der Waals surface area contributed by atoms with E-state index in [0.29, 0.717) is 23.0 Å². The zero-order valence-corrected chi connectivity index (χ0v) is 13.0. The Morgan fingerprint density at radius 1 is 1.50 bits per heavy atom. The Morgan fingerprint density at radius 3 is 2.90 bits per heavy atom. The fourth-order valence-corrected chi connectivity index (χ4v) is 3.22. The van der Waals surface area contributed by atoms with Crippen LogP contribution in [0.15, 0.2) is 12.3 Å². The maximum atomic E-state index is 12.2. The first-order valence-corrected chi connectivity index (χ1v) is 7.74. The van der Waals surface area contributed by atoms with Crippen molar-refractivity contribution >= 4 is 33.1 Å². The first-order chi connectivity index (χ1) is 9.50. The number of pyridine rings is 1. The van der Waals surface area contributed by atoms with Crippen LogP contribution in [0.25, 0.3) is 10.2 Å². The van der Waals surface area contributed by atoms with Gasteiger partial charge < -0.3 is 11.1 Å². The Morgan fingerprint density at radius 2 is 2.25 bits per heavy atom.